The van der Waals surface area contributed by atoms with Crippen LogP contribution in [0.2, 0.25) is 0 Å². The van der Waals surface area contributed by atoms with Gasteiger partial charge in [0, 0.05) is 23.8 Å². The van der Waals surface area contributed by atoms with Gasteiger partial charge in [-0.2, -0.15) is 11.8 Å². The highest BCUT2D eigenvalue weighted by atomic mass is 32.2. The van der Waals surface area contributed by atoms with Gasteiger partial charge in [0.25, 0.3) is 0 Å². The second kappa shape index (κ2) is 7.98. The fraction of sp³-hybridized carbons (Fsp3) is 0.923. The zero-order valence-corrected chi connectivity index (χ0v) is 11.9. The summed E-state index contributed by atoms with van der Waals surface area (Å²) in [6, 6.07) is 0.626. The number of rotatable bonds is 7. The first-order valence-electron chi connectivity index (χ1n) is 6.78. The molecule has 1 aliphatic carbocycles. The van der Waals surface area contributed by atoms with Gasteiger partial charge in [0.15, 0.2) is 0 Å². The number of hydrogen-bond acceptors (Lipinski definition) is 3. The summed E-state index contributed by atoms with van der Waals surface area (Å²) in [7, 11) is 0. The molecule has 0 radical (unpaired) electrons. The fourth-order valence-corrected chi connectivity index (χ4v) is 3.49. The van der Waals surface area contributed by atoms with E-state index in [9.17, 15) is 4.79 Å². The number of thioether (sulfide) groups is 1. The van der Waals surface area contributed by atoms with E-state index in [0.717, 1.165) is 30.9 Å². The lowest BCUT2D eigenvalue weighted by atomic mass is 10.1. The molecule has 1 rings (SSSR count). The number of amides is 1. The van der Waals surface area contributed by atoms with Crippen LogP contribution in [0.5, 0.6) is 0 Å². The van der Waals surface area contributed by atoms with E-state index in [1.807, 2.05) is 18.7 Å². The van der Waals surface area contributed by atoms with Gasteiger partial charge in [-0.15, -0.1) is 0 Å². The van der Waals surface area contributed by atoms with Crippen molar-refractivity contribution in [3.63, 3.8) is 0 Å². The Labute approximate surface area is 109 Å². The van der Waals surface area contributed by atoms with Crippen LogP contribution in [0, 0.1) is 0 Å². The second-order valence-electron chi connectivity index (χ2n) is 5.02. The lowest BCUT2D eigenvalue weighted by molar-refractivity contribution is -0.121. The zero-order valence-electron chi connectivity index (χ0n) is 11.1. The standard InChI is InChI=1S/C13H26N2OS/c1-3-17-12-8-7-11(9-12)15-13(16)6-4-5-10(2)14/h10-12H,3-9,14H2,1-2H3,(H,15,16). The highest BCUT2D eigenvalue weighted by molar-refractivity contribution is 7.99. The number of nitrogens with two attached hydrogens (primary N) is 1. The summed E-state index contributed by atoms with van der Waals surface area (Å²) < 4.78 is 0. The molecule has 0 heterocycles. The smallest absolute Gasteiger partial charge is 0.220 e. The largest absolute Gasteiger partial charge is 0.353 e. The third kappa shape index (κ3) is 6.32. The average Bonchev–Trinajstić information content (AvgIpc) is 2.65. The first kappa shape index (κ1) is 14.8. The molecule has 0 aromatic heterocycles. The lowest BCUT2D eigenvalue weighted by Gasteiger charge is -2.13. The van der Waals surface area contributed by atoms with E-state index in [0.29, 0.717) is 12.5 Å². The van der Waals surface area contributed by atoms with Gasteiger partial charge in [-0.25, -0.2) is 0 Å². The summed E-state index contributed by atoms with van der Waals surface area (Å²) in [4.78, 5) is 11.7. The second-order valence-corrected chi connectivity index (χ2v) is 6.60. The molecule has 17 heavy (non-hydrogen) atoms. The minimum Gasteiger partial charge on any atom is -0.353 e. The predicted molar refractivity (Wildman–Crippen MR) is 75.2 cm³/mol. The van der Waals surface area contributed by atoms with Crippen LogP contribution in [0.15, 0.2) is 0 Å². The Balaban J connectivity index is 2.11. The minimum atomic E-state index is 0.206. The number of nitrogens with one attached hydrogen (secondary N) is 1. The van der Waals surface area contributed by atoms with Crippen LogP contribution < -0.4 is 11.1 Å². The van der Waals surface area contributed by atoms with E-state index < -0.39 is 0 Å². The molecular formula is C13H26N2OS. The summed E-state index contributed by atoms with van der Waals surface area (Å²) in [6.45, 7) is 4.19. The molecule has 0 spiro atoms. The third-order valence-electron chi connectivity index (χ3n) is 3.22. The van der Waals surface area contributed by atoms with Gasteiger partial charge >= 0.3 is 0 Å². The molecule has 0 aromatic carbocycles. The lowest BCUT2D eigenvalue weighted by Crippen LogP contribution is -2.33. The van der Waals surface area contributed by atoms with Gasteiger partial charge in [-0.1, -0.05) is 6.92 Å². The van der Waals surface area contributed by atoms with E-state index >= 15 is 0 Å². The Bertz CT molecular complexity index is 233. The van der Waals surface area contributed by atoms with Crippen LogP contribution in [0.1, 0.15) is 52.4 Å². The summed E-state index contributed by atoms with van der Waals surface area (Å²) >= 11 is 2.02. The maximum absolute atomic E-state index is 11.7. The van der Waals surface area contributed by atoms with Crippen molar-refractivity contribution in [3.8, 4) is 0 Å². The first-order chi connectivity index (χ1) is 8.11. The zero-order chi connectivity index (χ0) is 12.7. The highest BCUT2D eigenvalue weighted by Crippen LogP contribution is 2.29. The highest BCUT2D eigenvalue weighted by Gasteiger charge is 2.25. The molecule has 100 valence electrons. The quantitative estimate of drug-likeness (QED) is 0.736. The molecule has 0 saturated heterocycles. The van der Waals surface area contributed by atoms with Gasteiger partial charge in [0.1, 0.15) is 0 Å². The predicted octanol–water partition coefficient (Wildman–Crippen LogP) is 2.29. The van der Waals surface area contributed by atoms with Crippen molar-refractivity contribution in [2.45, 2.75) is 69.7 Å². The molecule has 1 saturated carbocycles. The normalized spacial score (nSPS) is 25.8. The third-order valence-corrected chi connectivity index (χ3v) is 4.45. The Hall–Kier alpha value is -0.220. The van der Waals surface area contributed by atoms with Crippen molar-refractivity contribution in [3.05, 3.63) is 0 Å². The number of carbonyl (C=O) groups excluding carboxylic acids is 1. The van der Waals surface area contributed by atoms with Gasteiger partial charge in [0.2, 0.25) is 5.91 Å². The van der Waals surface area contributed by atoms with Crippen LogP contribution in [0.4, 0.5) is 0 Å². The summed E-state index contributed by atoms with van der Waals surface area (Å²) in [5.74, 6) is 1.39. The summed E-state index contributed by atoms with van der Waals surface area (Å²) in [5.41, 5.74) is 5.66. The maximum atomic E-state index is 11.7. The minimum absolute atomic E-state index is 0.206. The average molecular weight is 258 g/mol. The molecule has 0 aromatic rings. The fourth-order valence-electron chi connectivity index (χ4n) is 2.34. The molecule has 3 N–H and O–H groups in total. The van der Waals surface area contributed by atoms with Gasteiger partial charge in [0.05, 0.1) is 0 Å². The molecule has 0 aliphatic heterocycles. The van der Waals surface area contributed by atoms with Crippen molar-refractivity contribution in [2.75, 3.05) is 5.75 Å². The number of hydrogen-bond donors (Lipinski definition) is 2. The Kier molecular flexibility index (Phi) is 6.97. The molecule has 1 aliphatic rings. The van der Waals surface area contributed by atoms with E-state index in [1.54, 1.807) is 0 Å². The molecule has 1 amide bonds. The van der Waals surface area contributed by atoms with Crippen LogP contribution >= 0.6 is 11.8 Å². The van der Waals surface area contributed by atoms with Crippen LogP contribution in [0.3, 0.4) is 0 Å². The van der Waals surface area contributed by atoms with E-state index in [-0.39, 0.29) is 11.9 Å². The molecule has 0 bridgehead atoms. The molecule has 1 fully saturated rings. The van der Waals surface area contributed by atoms with Gasteiger partial charge < -0.3 is 11.1 Å². The van der Waals surface area contributed by atoms with E-state index in [4.69, 9.17) is 5.73 Å². The Morgan fingerprint density at radius 1 is 1.53 bits per heavy atom. The maximum Gasteiger partial charge on any atom is 0.220 e. The van der Waals surface area contributed by atoms with Gasteiger partial charge in [-0.05, 0) is 44.8 Å². The van der Waals surface area contributed by atoms with Crippen molar-refractivity contribution in [1.82, 2.24) is 5.32 Å². The van der Waals surface area contributed by atoms with Crippen molar-refractivity contribution >= 4 is 17.7 Å². The van der Waals surface area contributed by atoms with Crippen LogP contribution in [0.25, 0.3) is 0 Å². The van der Waals surface area contributed by atoms with Crippen molar-refractivity contribution < 1.29 is 4.79 Å². The molecular weight excluding hydrogens is 232 g/mol. The Morgan fingerprint density at radius 2 is 2.29 bits per heavy atom. The topological polar surface area (TPSA) is 55.1 Å². The van der Waals surface area contributed by atoms with Gasteiger partial charge in [-0.3, -0.25) is 4.79 Å². The Morgan fingerprint density at radius 3 is 2.94 bits per heavy atom. The van der Waals surface area contributed by atoms with Crippen LogP contribution in [-0.4, -0.2) is 29.0 Å². The molecule has 3 nitrogen and oxygen atoms in total. The number of carbonyl (C=O) groups is 1. The molecule has 3 unspecified atom stereocenters. The first-order valence-corrected chi connectivity index (χ1v) is 7.83. The van der Waals surface area contributed by atoms with Crippen molar-refractivity contribution in [1.29, 1.82) is 0 Å². The molecule has 3 atom stereocenters. The van der Waals surface area contributed by atoms with Crippen LogP contribution in [-0.2, 0) is 4.79 Å². The van der Waals surface area contributed by atoms with E-state index in [1.165, 1.54) is 12.2 Å². The summed E-state index contributed by atoms with van der Waals surface area (Å²) in [5, 5.41) is 3.91. The SMILES string of the molecule is CCSC1CCC(NC(=O)CCCC(C)N)C1. The monoisotopic (exact) mass is 258 g/mol. The molecule has 4 heteroatoms. The summed E-state index contributed by atoms with van der Waals surface area (Å²) in [6.07, 6.45) is 6.02. The van der Waals surface area contributed by atoms with E-state index in [2.05, 4.69) is 12.2 Å². The van der Waals surface area contributed by atoms with Crippen molar-refractivity contribution in [2.24, 2.45) is 5.73 Å².